The zero-order valence-corrected chi connectivity index (χ0v) is 11.6. The topological polar surface area (TPSA) is 59.1 Å². The van der Waals surface area contributed by atoms with Crippen molar-refractivity contribution in [2.75, 3.05) is 46.5 Å². The number of carbonyl (C=O) groups is 2. The van der Waals surface area contributed by atoms with Gasteiger partial charge in [0.15, 0.2) is 0 Å². The number of ether oxygens (including phenoxy) is 2. The van der Waals surface area contributed by atoms with Crippen molar-refractivity contribution in [3.8, 4) is 0 Å². The zero-order valence-electron chi connectivity index (χ0n) is 11.6. The minimum Gasteiger partial charge on any atom is -0.378 e. The second-order valence-electron chi connectivity index (χ2n) is 5.02. The third-order valence-electron chi connectivity index (χ3n) is 3.54. The Labute approximate surface area is 113 Å². The van der Waals surface area contributed by atoms with Crippen LogP contribution >= 0.6 is 0 Å². The van der Waals surface area contributed by atoms with E-state index in [1.54, 1.807) is 11.9 Å². The molecule has 2 amide bonds. The summed E-state index contributed by atoms with van der Waals surface area (Å²) in [6.07, 6.45) is 0.835. The summed E-state index contributed by atoms with van der Waals surface area (Å²) in [5, 5.41) is 0. The molecule has 1 saturated heterocycles. The maximum absolute atomic E-state index is 12.1. The summed E-state index contributed by atoms with van der Waals surface area (Å²) in [6, 6.07) is 0. The van der Waals surface area contributed by atoms with E-state index < -0.39 is 0 Å². The second-order valence-corrected chi connectivity index (χ2v) is 5.02. The van der Waals surface area contributed by atoms with Crippen LogP contribution in [-0.2, 0) is 19.1 Å². The second kappa shape index (κ2) is 6.34. The highest BCUT2D eigenvalue weighted by molar-refractivity contribution is 5.87. The number of hydrogen-bond acceptors (Lipinski definition) is 4. The number of morpholine rings is 1. The monoisotopic (exact) mass is 270 g/mol. The summed E-state index contributed by atoms with van der Waals surface area (Å²) in [7, 11) is 1.68. The van der Waals surface area contributed by atoms with Crippen molar-refractivity contribution in [1.29, 1.82) is 0 Å². The molecule has 2 rings (SSSR count). The van der Waals surface area contributed by atoms with E-state index >= 15 is 0 Å². The molecule has 1 heterocycles. The lowest BCUT2D eigenvalue weighted by molar-refractivity contribution is -0.142. The van der Waals surface area contributed by atoms with Crippen molar-refractivity contribution < 1.29 is 19.1 Å². The highest BCUT2D eigenvalue weighted by Gasteiger charge is 2.45. The quantitative estimate of drug-likeness (QED) is 0.690. The van der Waals surface area contributed by atoms with Gasteiger partial charge in [-0.1, -0.05) is 0 Å². The van der Waals surface area contributed by atoms with Crippen LogP contribution in [0.15, 0.2) is 0 Å². The van der Waals surface area contributed by atoms with Crippen LogP contribution in [0.4, 0.5) is 0 Å². The summed E-state index contributed by atoms with van der Waals surface area (Å²) in [6.45, 7) is 5.10. The molecule has 2 unspecified atom stereocenters. The molecule has 0 spiro atoms. The Morgan fingerprint density at radius 1 is 1.37 bits per heavy atom. The van der Waals surface area contributed by atoms with Gasteiger partial charge in [0.25, 0.3) is 0 Å². The predicted octanol–water partition coefficient (Wildman–Crippen LogP) is -0.271. The lowest BCUT2D eigenvalue weighted by Gasteiger charge is -2.28. The van der Waals surface area contributed by atoms with Crippen LogP contribution in [0.3, 0.4) is 0 Å². The predicted molar refractivity (Wildman–Crippen MR) is 68.6 cm³/mol. The molecule has 2 aliphatic rings. The van der Waals surface area contributed by atoms with E-state index in [-0.39, 0.29) is 30.4 Å². The highest BCUT2D eigenvalue weighted by atomic mass is 16.5. The van der Waals surface area contributed by atoms with Gasteiger partial charge in [-0.05, 0) is 13.3 Å². The number of carbonyl (C=O) groups excluding carboxylic acids is 2. The third kappa shape index (κ3) is 3.67. The SMILES string of the molecule is CCOC1CC1C(=O)N(C)CC(=O)N1CCOCC1. The molecule has 0 bridgehead atoms. The average molecular weight is 270 g/mol. The minimum atomic E-state index is -0.0533. The van der Waals surface area contributed by atoms with E-state index in [0.29, 0.717) is 32.9 Å². The fourth-order valence-corrected chi connectivity index (χ4v) is 2.31. The fraction of sp³-hybridized carbons (Fsp3) is 0.846. The number of amides is 2. The summed E-state index contributed by atoms with van der Waals surface area (Å²) in [5.41, 5.74) is 0. The number of nitrogens with zero attached hydrogens (tertiary/aromatic N) is 2. The Hall–Kier alpha value is -1.14. The maximum Gasteiger partial charge on any atom is 0.242 e. The molecule has 0 aromatic carbocycles. The van der Waals surface area contributed by atoms with Crippen molar-refractivity contribution in [1.82, 2.24) is 9.80 Å². The van der Waals surface area contributed by atoms with Gasteiger partial charge in [0.05, 0.1) is 31.8 Å². The summed E-state index contributed by atoms with van der Waals surface area (Å²) >= 11 is 0. The molecular formula is C13H22N2O4. The lowest BCUT2D eigenvalue weighted by atomic mass is 10.3. The van der Waals surface area contributed by atoms with Gasteiger partial charge in [-0.3, -0.25) is 9.59 Å². The molecule has 0 aromatic rings. The molecule has 0 aromatic heterocycles. The first-order valence-corrected chi connectivity index (χ1v) is 6.85. The molecule has 6 nitrogen and oxygen atoms in total. The standard InChI is InChI=1S/C13H22N2O4/c1-3-19-11-8-10(11)13(17)14(2)9-12(16)15-4-6-18-7-5-15/h10-11H,3-9H2,1-2H3. The summed E-state index contributed by atoms with van der Waals surface area (Å²) < 4.78 is 10.6. The molecule has 1 aliphatic carbocycles. The molecule has 0 radical (unpaired) electrons. The van der Waals surface area contributed by atoms with Crippen molar-refractivity contribution in [3.05, 3.63) is 0 Å². The van der Waals surface area contributed by atoms with Crippen LogP contribution in [0.5, 0.6) is 0 Å². The molecule has 6 heteroatoms. The molecule has 2 atom stereocenters. The van der Waals surface area contributed by atoms with Gasteiger partial charge in [0.2, 0.25) is 11.8 Å². The molecular weight excluding hydrogens is 248 g/mol. The van der Waals surface area contributed by atoms with Gasteiger partial charge in [0.1, 0.15) is 0 Å². The number of rotatable bonds is 5. The molecule has 1 aliphatic heterocycles. The van der Waals surface area contributed by atoms with Crippen LogP contribution < -0.4 is 0 Å². The first kappa shape index (κ1) is 14.3. The van der Waals surface area contributed by atoms with Gasteiger partial charge in [-0.25, -0.2) is 0 Å². The van der Waals surface area contributed by atoms with E-state index in [1.165, 1.54) is 4.90 Å². The zero-order chi connectivity index (χ0) is 13.8. The van der Waals surface area contributed by atoms with Gasteiger partial charge >= 0.3 is 0 Å². The van der Waals surface area contributed by atoms with Gasteiger partial charge < -0.3 is 19.3 Å². The molecule has 19 heavy (non-hydrogen) atoms. The molecule has 108 valence electrons. The highest BCUT2D eigenvalue weighted by Crippen LogP contribution is 2.35. The lowest BCUT2D eigenvalue weighted by Crippen LogP contribution is -2.46. The Morgan fingerprint density at radius 3 is 2.68 bits per heavy atom. The van der Waals surface area contributed by atoms with Crippen LogP contribution in [0.2, 0.25) is 0 Å². The minimum absolute atomic E-state index is 0.00670. The van der Waals surface area contributed by atoms with Crippen molar-refractivity contribution in [2.24, 2.45) is 5.92 Å². The van der Waals surface area contributed by atoms with E-state index in [4.69, 9.17) is 9.47 Å². The smallest absolute Gasteiger partial charge is 0.242 e. The van der Waals surface area contributed by atoms with Crippen LogP contribution in [0, 0.1) is 5.92 Å². The Kier molecular flexibility index (Phi) is 4.76. The van der Waals surface area contributed by atoms with Gasteiger partial charge in [0, 0.05) is 26.7 Å². The van der Waals surface area contributed by atoms with Crippen LogP contribution in [0.25, 0.3) is 0 Å². The molecule has 0 N–H and O–H groups in total. The van der Waals surface area contributed by atoms with E-state index in [1.807, 2.05) is 6.92 Å². The van der Waals surface area contributed by atoms with Gasteiger partial charge in [-0.2, -0.15) is 0 Å². The summed E-state index contributed by atoms with van der Waals surface area (Å²) in [4.78, 5) is 27.3. The Morgan fingerprint density at radius 2 is 2.05 bits per heavy atom. The molecule has 2 fully saturated rings. The normalized spacial score (nSPS) is 26.1. The maximum atomic E-state index is 12.1. The first-order valence-electron chi connectivity index (χ1n) is 6.85. The van der Waals surface area contributed by atoms with Crippen molar-refractivity contribution in [2.45, 2.75) is 19.4 Å². The van der Waals surface area contributed by atoms with Gasteiger partial charge in [-0.15, -0.1) is 0 Å². The number of hydrogen-bond donors (Lipinski definition) is 0. The van der Waals surface area contributed by atoms with Crippen LogP contribution in [0.1, 0.15) is 13.3 Å². The fourth-order valence-electron chi connectivity index (χ4n) is 2.31. The third-order valence-corrected chi connectivity index (χ3v) is 3.54. The Bertz CT molecular complexity index is 342. The molecule has 1 saturated carbocycles. The van der Waals surface area contributed by atoms with Crippen molar-refractivity contribution in [3.63, 3.8) is 0 Å². The largest absolute Gasteiger partial charge is 0.378 e. The first-order chi connectivity index (χ1) is 9.13. The van der Waals surface area contributed by atoms with E-state index in [2.05, 4.69) is 0 Å². The number of likely N-dealkylation sites (N-methyl/N-ethyl adjacent to an activating group) is 1. The van der Waals surface area contributed by atoms with E-state index in [0.717, 1.165) is 6.42 Å². The van der Waals surface area contributed by atoms with Crippen LogP contribution in [-0.4, -0.2) is 74.2 Å². The Balaban J connectivity index is 1.75. The summed E-state index contributed by atoms with van der Waals surface area (Å²) in [5.74, 6) is -0.0461. The average Bonchev–Trinajstić information content (AvgIpc) is 3.18. The van der Waals surface area contributed by atoms with E-state index in [9.17, 15) is 9.59 Å². The van der Waals surface area contributed by atoms with Crippen molar-refractivity contribution >= 4 is 11.8 Å².